The van der Waals surface area contributed by atoms with E-state index in [9.17, 15) is 4.79 Å². The van der Waals surface area contributed by atoms with Crippen LogP contribution in [0.1, 0.15) is 43.2 Å². The van der Waals surface area contributed by atoms with Crippen LogP contribution in [0.25, 0.3) is 11.1 Å². The Morgan fingerprint density at radius 2 is 0.978 bits per heavy atom. The molecule has 2 aromatic rings. The number of likely N-dealkylation sites (N-methyl/N-ethyl adjacent to an activating group) is 1. The average molecular weight is 632 g/mol. The summed E-state index contributed by atoms with van der Waals surface area (Å²) >= 11 is 0. The third-order valence-electron chi connectivity index (χ3n) is 7.34. The van der Waals surface area contributed by atoms with E-state index in [2.05, 4.69) is 31.2 Å². The minimum atomic E-state index is -0.357. The van der Waals surface area contributed by atoms with Gasteiger partial charge in [0.25, 0.3) is 0 Å². The highest BCUT2D eigenvalue weighted by Crippen LogP contribution is 2.44. The molecule has 0 bridgehead atoms. The van der Waals surface area contributed by atoms with Gasteiger partial charge in [-0.05, 0) is 28.7 Å². The van der Waals surface area contributed by atoms with Gasteiger partial charge >= 0.3 is 6.09 Å². The summed E-state index contributed by atoms with van der Waals surface area (Å²) in [5.41, 5.74) is 4.82. The van der Waals surface area contributed by atoms with Crippen LogP contribution in [0, 0.1) is 0 Å². The molecular formula is C35H53NO9. The molecule has 252 valence electrons. The number of unbranched alkanes of at least 4 members (excludes halogenated alkanes) is 2. The molecule has 45 heavy (non-hydrogen) atoms. The van der Waals surface area contributed by atoms with Crippen molar-refractivity contribution in [3.8, 4) is 11.1 Å². The largest absolute Gasteiger partial charge is 0.448 e. The van der Waals surface area contributed by atoms with Crippen molar-refractivity contribution in [2.24, 2.45) is 0 Å². The molecule has 0 spiro atoms. The highest BCUT2D eigenvalue weighted by Gasteiger charge is 2.29. The Bertz CT molecular complexity index is 1010. The van der Waals surface area contributed by atoms with Gasteiger partial charge in [0.1, 0.15) is 6.61 Å². The molecular weight excluding hydrogens is 578 g/mol. The summed E-state index contributed by atoms with van der Waals surface area (Å²) in [5, 5.41) is 0. The van der Waals surface area contributed by atoms with Crippen LogP contribution in [0.2, 0.25) is 0 Å². The van der Waals surface area contributed by atoms with Gasteiger partial charge in [0.2, 0.25) is 0 Å². The van der Waals surface area contributed by atoms with Crippen LogP contribution in [0.5, 0.6) is 0 Å². The van der Waals surface area contributed by atoms with Crippen LogP contribution in [0.4, 0.5) is 4.79 Å². The van der Waals surface area contributed by atoms with E-state index < -0.39 is 0 Å². The molecule has 0 heterocycles. The lowest BCUT2D eigenvalue weighted by Crippen LogP contribution is -2.32. The Hall–Kier alpha value is -2.57. The number of nitrogens with zero attached hydrogens (tertiary/aromatic N) is 1. The number of rotatable bonds is 27. The predicted octanol–water partition coefficient (Wildman–Crippen LogP) is 5.17. The molecule has 0 unspecified atom stereocenters. The maximum Gasteiger partial charge on any atom is 0.409 e. The first-order valence-corrected chi connectivity index (χ1v) is 16.3. The first kappa shape index (κ1) is 36.9. The maximum absolute atomic E-state index is 12.6. The van der Waals surface area contributed by atoms with Crippen molar-refractivity contribution in [3.05, 3.63) is 59.7 Å². The van der Waals surface area contributed by atoms with Crippen LogP contribution in [0.15, 0.2) is 48.5 Å². The van der Waals surface area contributed by atoms with Gasteiger partial charge in [0.05, 0.1) is 85.9 Å². The monoisotopic (exact) mass is 631 g/mol. The lowest BCUT2D eigenvalue weighted by atomic mass is 9.98. The van der Waals surface area contributed by atoms with Crippen molar-refractivity contribution in [3.63, 3.8) is 0 Å². The zero-order valence-corrected chi connectivity index (χ0v) is 27.3. The Morgan fingerprint density at radius 1 is 0.578 bits per heavy atom. The summed E-state index contributed by atoms with van der Waals surface area (Å²) in [7, 11) is 1.72. The minimum absolute atomic E-state index is 0.0473. The molecule has 0 radical (unpaired) electrons. The number of hydrogen-bond acceptors (Lipinski definition) is 9. The van der Waals surface area contributed by atoms with Crippen LogP contribution in [-0.4, -0.2) is 124 Å². The van der Waals surface area contributed by atoms with Gasteiger partial charge in [0.15, 0.2) is 0 Å². The summed E-state index contributed by atoms with van der Waals surface area (Å²) < 4.78 is 44.3. The molecule has 10 nitrogen and oxygen atoms in total. The van der Waals surface area contributed by atoms with Crippen molar-refractivity contribution in [2.75, 3.05) is 113 Å². The molecule has 0 aromatic heterocycles. The SMILES string of the molecule is CCCCCOCCOCCOCCOCCOCCOCCOCCN(C)C(=O)OCC1c2ccccc2-c2ccccc21. The summed E-state index contributed by atoms with van der Waals surface area (Å²) in [5.74, 6) is 0.0473. The van der Waals surface area contributed by atoms with E-state index in [0.29, 0.717) is 99.0 Å². The van der Waals surface area contributed by atoms with E-state index in [1.165, 1.54) is 40.0 Å². The first-order chi connectivity index (χ1) is 22.2. The minimum Gasteiger partial charge on any atom is -0.448 e. The normalized spacial score (nSPS) is 12.3. The molecule has 1 aliphatic rings. The molecule has 3 rings (SSSR count). The fourth-order valence-electron chi connectivity index (χ4n) is 4.87. The highest BCUT2D eigenvalue weighted by atomic mass is 16.6. The van der Waals surface area contributed by atoms with E-state index in [1.807, 2.05) is 24.3 Å². The van der Waals surface area contributed by atoms with Gasteiger partial charge < -0.3 is 42.8 Å². The first-order valence-electron chi connectivity index (χ1n) is 16.3. The Morgan fingerprint density at radius 3 is 1.42 bits per heavy atom. The molecule has 0 N–H and O–H groups in total. The van der Waals surface area contributed by atoms with Gasteiger partial charge in [-0.3, -0.25) is 0 Å². The summed E-state index contributed by atoms with van der Waals surface area (Å²) in [6.07, 6.45) is 3.18. The second-order valence-corrected chi connectivity index (χ2v) is 10.7. The number of amides is 1. The van der Waals surface area contributed by atoms with Crippen molar-refractivity contribution in [2.45, 2.75) is 32.1 Å². The zero-order chi connectivity index (χ0) is 31.8. The van der Waals surface area contributed by atoms with E-state index in [-0.39, 0.29) is 12.0 Å². The molecule has 1 amide bonds. The second kappa shape index (κ2) is 23.7. The molecule has 0 saturated carbocycles. The maximum atomic E-state index is 12.6. The number of hydrogen-bond donors (Lipinski definition) is 0. The van der Waals surface area contributed by atoms with Gasteiger partial charge in [0, 0.05) is 26.1 Å². The molecule has 10 heteroatoms. The Kier molecular flexibility index (Phi) is 19.4. The third kappa shape index (κ3) is 14.6. The predicted molar refractivity (Wildman–Crippen MR) is 173 cm³/mol. The van der Waals surface area contributed by atoms with E-state index >= 15 is 0 Å². The van der Waals surface area contributed by atoms with Crippen LogP contribution in [0.3, 0.4) is 0 Å². The van der Waals surface area contributed by atoms with Crippen LogP contribution in [-0.2, 0) is 37.9 Å². The fraction of sp³-hybridized carbons (Fsp3) is 0.629. The lowest BCUT2D eigenvalue weighted by Gasteiger charge is -2.19. The van der Waals surface area contributed by atoms with Crippen molar-refractivity contribution < 1.29 is 42.7 Å². The Labute approximate surface area is 269 Å². The van der Waals surface area contributed by atoms with Crippen LogP contribution < -0.4 is 0 Å². The Balaban J connectivity index is 1.05. The van der Waals surface area contributed by atoms with E-state index in [0.717, 1.165) is 13.0 Å². The molecule has 2 aromatic carbocycles. The number of carbonyl (C=O) groups excluding carboxylic acids is 1. The number of fused-ring (bicyclic) bond motifs is 3. The smallest absolute Gasteiger partial charge is 0.409 e. The molecule has 0 atom stereocenters. The quantitative estimate of drug-likeness (QED) is 0.124. The van der Waals surface area contributed by atoms with Crippen molar-refractivity contribution in [1.29, 1.82) is 0 Å². The number of carbonyl (C=O) groups is 1. The summed E-state index contributed by atoms with van der Waals surface area (Å²) in [4.78, 5) is 14.1. The fourth-order valence-corrected chi connectivity index (χ4v) is 4.87. The van der Waals surface area contributed by atoms with Crippen LogP contribution >= 0.6 is 0 Å². The molecule has 0 aliphatic heterocycles. The number of benzene rings is 2. The second-order valence-electron chi connectivity index (χ2n) is 10.7. The summed E-state index contributed by atoms with van der Waals surface area (Å²) in [6.45, 7) is 10.4. The molecule has 0 fully saturated rings. The van der Waals surface area contributed by atoms with E-state index in [4.69, 9.17) is 37.9 Å². The van der Waals surface area contributed by atoms with Gasteiger partial charge in [-0.1, -0.05) is 68.3 Å². The van der Waals surface area contributed by atoms with Crippen molar-refractivity contribution >= 4 is 6.09 Å². The van der Waals surface area contributed by atoms with Gasteiger partial charge in [-0.2, -0.15) is 0 Å². The summed E-state index contributed by atoms with van der Waals surface area (Å²) in [6, 6.07) is 16.6. The third-order valence-corrected chi connectivity index (χ3v) is 7.34. The van der Waals surface area contributed by atoms with Crippen molar-refractivity contribution in [1.82, 2.24) is 4.90 Å². The van der Waals surface area contributed by atoms with Gasteiger partial charge in [-0.25, -0.2) is 4.79 Å². The van der Waals surface area contributed by atoms with E-state index in [1.54, 1.807) is 7.05 Å². The topological polar surface area (TPSA) is 94.2 Å². The lowest BCUT2D eigenvalue weighted by molar-refractivity contribution is -0.0209. The molecule has 1 aliphatic carbocycles. The highest BCUT2D eigenvalue weighted by molar-refractivity contribution is 5.79. The average Bonchev–Trinajstić information content (AvgIpc) is 3.39. The van der Waals surface area contributed by atoms with Gasteiger partial charge in [-0.15, -0.1) is 0 Å². The number of ether oxygens (including phenoxy) is 8. The molecule has 0 saturated heterocycles. The standard InChI is InChI=1S/C35H53NO9/c1-3-4-9-15-38-17-19-40-21-23-42-25-27-44-28-26-43-24-22-41-20-18-39-16-14-36(2)35(37)45-29-34-32-12-7-5-10-30(32)31-11-6-8-13-33(31)34/h5-8,10-13,34H,3-4,9,14-29H2,1-2H3. The zero-order valence-electron chi connectivity index (χ0n) is 27.3.